The molecule has 0 amide bonds. The zero-order valence-corrected chi connectivity index (χ0v) is 23.1. The second-order valence-electron chi connectivity index (χ2n) is 11.7. The Labute approximate surface area is 236 Å². The van der Waals surface area contributed by atoms with E-state index in [9.17, 15) is 17.6 Å². The summed E-state index contributed by atoms with van der Waals surface area (Å²) in [5, 5.41) is 9.04. The van der Waals surface area contributed by atoms with E-state index in [0.29, 0.717) is 49.1 Å². The average Bonchev–Trinajstić information content (AvgIpc) is 2.99. The summed E-state index contributed by atoms with van der Waals surface area (Å²) in [6.07, 6.45) is -2.32. The Morgan fingerprint density at radius 1 is 1.15 bits per heavy atom. The third kappa shape index (κ3) is 5.31. The van der Waals surface area contributed by atoms with Gasteiger partial charge < -0.3 is 9.80 Å². The molecule has 0 radical (unpaired) electrons. The predicted molar refractivity (Wildman–Crippen MR) is 149 cm³/mol. The predicted octanol–water partition coefficient (Wildman–Crippen LogP) is 4.98. The van der Waals surface area contributed by atoms with Gasteiger partial charge in [-0.25, -0.2) is 4.98 Å². The normalized spacial score (nSPS) is 22.4. The summed E-state index contributed by atoms with van der Waals surface area (Å²) in [7, 11) is 0. The molecule has 1 aromatic heterocycles. The van der Waals surface area contributed by atoms with Gasteiger partial charge in [0.05, 0.1) is 6.54 Å². The molecule has 6 rings (SSSR count). The molecule has 3 fully saturated rings. The summed E-state index contributed by atoms with van der Waals surface area (Å²) in [6.45, 7) is 8.83. The Balaban J connectivity index is 1.14. The van der Waals surface area contributed by atoms with Crippen LogP contribution in [0.1, 0.15) is 24.0 Å². The van der Waals surface area contributed by atoms with Gasteiger partial charge in [-0.2, -0.15) is 22.7 Å². The molecule has 3 aliphatic heterocycles. The number of alkyl halides is 3. The Kier molecular flexibility index (Phi) is 7.03. The van der Waals surface area contributed by atoms with Gasteiger partial charge in [-0.15, -0.1) is 5.10 Å². The van der Waals surface area contributed by atoms with Crippen molar-refractivity contribution in [3.8, 4) is 0 Å². The molecule has 0 atom stereocenters. The van der Waals surface area contributed by atoms with E-state index < -0.39 is 18.7 Å². The van der Waals surface area contributed by atoms with Crippen LogP contribution in [0, 0.1) is 24.2 Å². The number of nitrogens with zero attached hydrogens (tertiary/aromatic N) is 7. The lowest BCUT2D eigenvalue weighted by Crippen LogP contribution is -2.65. The van der Waals surface area contributed by atoms with E-state index >= 15 is 0 Å². The topological polar surface area (TPSA) is 50.6 Å². The number of hydrogen-bond donors (Lipinski definition) is 0. The molecule has 0 unspecified atom stereocenters. The number of anilines is 2. The first kappa shape index (κ1) is 27.4. The maximum absolute atomic E-state index is 14.0. The van der Waals surface area contributed by atoms with Crippen LogP contribution >= 0.6 is 11.6 Å². The Bertz CT molecular complexity index is 1310. The number of halogens is 5. The lowest BCUT2D eigenvalue weighted by Gasteiger charge is -2.60. The molecule has 4 aliphatic rings. The van der Waals surface area contributed by atoms with Gasteiger partial charge in [-0.05, 0) is 49.6 Å². The molecule has 4 heterocycles. The minimum Gasteiger partial charge on any atom is -0.355 e. The van der Waals surface area contributed by atoms with E-state index in [2.05, 4.69) is 36.6 Å². The summed E-state index contributed by atoms with van der Waals surface area (Å²) in [6, 6.07) is 9.47. The first-order valence-electron chi connectivity index (χ1n) is 13.5. The minimum absolute atomic E-state index is 0.0557. The largest absolute Gasteiger partial charge is 0.401 e. The van der Waals surface area contributed by atoms with Crippen molar-refractivity contribution in [3.63, 3.8) is 0 Å². The van der Waals surface area contributed by atoms with Crippen LogP contribution in [0.15, 0.2) is 40.5 Å². The van der Waals surface area contributed by atoms with Gasteiger partial charge in [-0.3, -0.25) is 9.80 Å². The highest BCUT2D eigenvalue weighted by Crippen LogP contribution is 2.54. The van der Waals surface area contributed by atoms with Crippen molar-refractivity contribution in [1.29, 1.82) is 0 Å². The van der Waals surface area contributed by atoms with Crippen LogP contribution in [0.5, 0.6) is 0 Å². The maximum atomic E-state index is 14.0. The molecule has 0 N–H and O–H groups in total. The maximum Gasteiger partial charge on any atom is 0.401 e. The molecule has 40 heavy (non-hydrogen) atoms. The van der Waals surface area contributed by atoms with Crippen molar-refractivity contribution >= 4 is 35.7 Å². The van der Waals surface area contributed by atoms with E-state index in [1.165, 1.54) is 4.90 Å². The summed E-state index contributed by atoms with van der Waals surface area (Å²) in [5.74, 6) is 1.29. The van der Waals surface area contributed by atoms with Crippen molar-refractivity contribution < 1.29 is 17.6 Å². The zero-order chi connectivity index (χ0) is 28.2. The molecule has 0 bridgehead atoms. The van der Waals surface area contributed by atoms with Crippen LogP contribution in [0.2, 0.25) is 5.02 Å². The summed E-state index contributed by atoms with van der Waals surface area (Å²) < 4.78 is 52.5. The molecule has 214 valence electrons. The number of likely N-dealkylation sites (tertiary alicyclic amines) is 1. The SMILES string of the molecule is C=N/N=C(/C1CC2(C1)CN(c1ccc(C)c(F)n1)C2)N1CCN(C2CN(CC(F)(F)F)C2)Cc2cc(Cl)ccc21. The Morgan fingerprint density at radius 2 is 1.90 bits per heavy atom. The van der Waals surface area contributed by atoms with Crippen LogP contribution < -0.4 is 9.80 Å². The van der Waals surface area contributed by atoms with Crippen LogP contribution in [0.4, 0.5) is 29.1 Å². The standard InChI is InChI=1S/C28H32ClF4N7/c1-18-3-6-24(35-25(18)30)39-15-27(16-39)10-20(11-27)26(36-34-2)40-8-7-38(12-19-9-21(29)4-5-23(19)40)22-13-37(14-22)17-28(31,32)33/h3-6,9,20,22H,2,7-8,10-17H2,1H3/b36-26-. The van der Waals surface area contributed by atoms with E-state index in [1.807, 2.05) is 24.3 Å². The highest BCUT2D eigenvalue weighted by atomic mass is 35.5. The van der Waals surface area contributed by atoms with Crippen molar-refractivity contribution in [1.82, 2.24) is 14.8 Å². The third-order valence-electron chi connectivity index (χ3n) is 8.74. The molecule has 2 saturated heterocycles. The summed E-state index contributed by atoms with van der Waals surface area (Å²) >= 11 is 6.37. The molecule has 12 heteroatoms. The average molecular weight is 578 g/mol. The van der Waals surface area contributed by atoms with Gasteiger partial charge in [0.15, 0.2) is 0 Å². The molecule has 1 saturated carbocycles. The Hall–Kier alpha value is -2.76. The fraction of sp³-hybridized carbons (Fsp3) is 0.536. The number of benzene rings is 1. The monoisotopic (exact) mass is 577 g/mol. The highest BCUT2D eigenvalue weighted by Gasteiger charge is 2.55. The van der Waals surface area contributed by atoms with Crippen LogP contribution in [0.3, 0.4) is 0 Å². The van der Waals surface area contributed by atoms with Gasteiger partial charge >= 0.3 is 6.18 Å². The lowest BCUT2D eigenvalue weighted by molar-refractivity contribution is -0.160. The summed E-state index contributed by atoms with van der Waals surface area (Å²) in [4.78, 5) is 12.1. The summed E-state index contributed by atoms with van der Waals surface area (Å²) in [5.41, 5.74) is 2.70. The number of fused-ring (bicyclic) bond motifs is 1. The van der Waals surface area contributed by atoms with Gasteiger partial charge in [0.2, 0.25) is 5.95 Å². The second-order valence-corrected chi connectivity index (χ2v) is 12.1. The van der Waals surface area contributed by atoms with Crippen molar-refractivity contribution in [3.05, 3.63) is 52.4 Å². The molecule has 2 aromatic rings. The number of amidine groups is 1. The van der Waals surface area contributed by atoms with Gasteiger partial charge in [0.25, 0.3) is 0 Å². The van der Waals surface area contributed by atoms with E-state index in [-0.39, 0.29) is 17.4 Å². The Morgan fingerprint density at radius 3 is 2.58 bits per heavy atom. The molecule has 7 nitrogen and oxygen atoms in total. The first-order chi connectivity index (χ1) is 19.0. The second kappa shape index (κ2) is 10.3. The van der Waals surface area contributed by atoms with E-state index in [4.69, 9.17) is 11.6 Å². The molecular weight excluding hydrogens is 546 g/mol. The molecule has 1 aromatic carbocycles. The van der Waals surface area contributed by atoms with Crippen LogP contribution in [-0.4, -0.2) is 85.4 Å². The van der Waals surface area contributed by atoms with Gasteiger partial charge in [-0.1, -0.05) is 17.7 Å². The first-order valence-corrected chi connectivity index (χ1v) is 13.9. The van der Waals surface area contributed by atoms with Crippen molar-refractivity contribution in [2.75, 3.05) is 55.6 Å². The molecule has 1 spiro atoms. The quantitative estimate of drug-likeness (QED) is 0.165. The zero-order valence-electron chi connectivity index (χ0n) is 22.3. The number of hydrogen-bond acceptors (Lipinski definition) is 6. The smallest absolute Gasteiger partial charge is 0.355 e. The minimum atomic E-state index is -4.19. The highest BCUT2D eigenvalue weighted by molar-refractivity contribution is 6.30. The van der Waals surface area contributed by atoms with E-state index in [0.717, 1.165) is 43.0 Å². The van der Waals surface area contributed by atoms with Crippen molar-refractivity contribution in [2.24, 2.45) is 21.5 Å². The van der Waals surface area contributed by atoms with Crippen LogP contribution in [0.25, 0.3) is 0 Å². The molecule has 1 aliphatic carbocycles. The fourth-order valence-electron chi connectivity index (χ4n) is 6.75. The fourth-order valence-corrected chi connectivity index (χ4v) is 6.94. The van der Waals surface area contributed by atoms with Gasteiger partial charge in [0.1, 0.15) is 11.7 Å². The number of rotatable bonds is 5. The van der Waals surface area contributed by atoms with Crippen molar-refractivity contribution in [2.45, 2.75) is 38.5 Å². The lowest BCUT2D eigenvalue weighted by atomic mass is 9.57. The number of aryl methyl sites for hydroxylation is 1. The van der Waals surface area contributed by atoms with Gasteiger partial charge in [0, 0.05) is 86.2 Å². The number of aromatic nitrogens is 1. The van der Waals surface area contributed by atoms with Crippen LogP contribution in [-0.2, 0) is 6.54 Å². The number of pyridine rings is 1. The third-order valence-corrected chi connectivity index (χ3v) is 8.98. The van der Waals surface area contributed by atoms with E-state index in [1.54, 1.807) is 13.0 Å². The molecular formula is C28H32ClF4N7.